The van der Waals surface area contributed by atoms with Crippen LogP contribution in [0.4, 0.5) is 0 Å². The van der Waals surface area contributed by atoms with Crippen LogP contribution >= 0.6 is 0 Å². The van der Waals surface area contributed by atoms with Gasteiger partial charge >= 0.3 is 11.9 Å². The van der Waals surface area contributed by atoms with E-state index in [2.05, 4.69) is 24.3 Å². The van der Waals surface area contributed by atoms with Crippen molar-refractivity contribution >= 4 is 11.9 Å². The van der Waals surface area contributed by atoms with Gasteiger partial charge in [0, 0.05) is 25.0 Å². The molecule has 0 aliphatic carbocycles. The molecule has 0 aromatic heterocycles. The standard InChI is InChI=1S/C28H30O4/c1-15-9-17(3)27(18(4)10-15)23-13-26(32-22(8)30)24(14-25(23)31-21(7)29)28-19(5)11-16(2)12-20(28)6/h9-14H,1-8H3. The molecule has 0 atom stereocenters. The molecule has 32 heavy (non-hydrogen) atoms. The highest BCUT2D eigenvalue weighted by Crippen LogP contribution is 2.45. The van der Waals surface area contributed by atoms with E-state index in [4.69, 9.17) is 9.47 Å². The van der Waals surface area contributed by atoms with Crippen molar-refractivity contribution in [3.8, 4) is 33.8 Å². The van der Waals surface area contributed by atoms with Crippen LogP contribution in [0.1, 0.15) is 47.2 Å². The Balaban J connectivity index is 2.41. The summed E-state index contributed by atoms with van der Waals surface area (Å²) >= 11 is 0. The van der Waals surface area contributed by atoms with Crippen molar-refractivity contribution in [2.24, 2.45) is 0 Å². The lowest BCUT2D eigenvalue weighted by molar-refractivity contribution is -0.133. The molecule has 3 aromatic carbocycles. The molecule has 0 fully saturated rings. The average Bonchev–Trinajstić information content (AvgIpc) is 2.62. The zero-order valence-electron chi connectivity index (χ0n) is 20.1. The van der Waals surface area contributed by atoms with Crippen molar-refractivity contribution in [1.82, 2.24) is 0 Å². The molecular formula is C28H30O4. The summed E-state index contributed by atoms with van der Waals surface area (Å²) in [4.78, 5) is 24.0. The lowest BCUT2D eigenvalue weighted by atomic mass is 9.89. The predicted octanol–water partition coefficient (Wildman–Crippen LogP) is 6.72. The molecule has 0 N–H and O–H groups in total. The molecule has 0 radical (unpaired) electrons. The number of esters is 2. The number of rotatable bonds is 4. The number of hydrogen-bond acceptors (Lipinski definition) is 4. The Bertz CT molecular complexity index is 1090. The van der Waals surface area contributed by atoms with E-state index in [1.54, 1.807) is 0 Å². The topological polar surface area (TPSA) is 52.6 Å². The summed E-state index contributed by atoms with van der Waals surface area (Å²) < 4.78 is 11.4. The molecule has 3 aromatic rings. The molecule has 3 rings (SSSR count). The summed E-state index contributed by atoms with van der Waals surface area (Å²) in [5.41, 5.74) is 9.89. The van der Waals surface area contributed by atoms with Crippen LogP contribution in [0.3, 0.4) is 0 Å². The van der Waals surface area contributed by atoms with Gasteiger partial charge in [0.05, 0.1) is 0 Å². The van der Waals surface area contributed by atoms with Gasteiger partial charge in [-0.3, -0.25) is 9.59 Å². The summed E-state index contributed by atoms with van der Waals surface area (Å²) in [6, 6.07) is 12.0. The van der Waals surface area contributed by atoms with Crippen molar-refractivity contribution in [2.45, 2.75) is 55.4 Å². The van der Waals surface area contributed by atoms with E-state index >= 15 is 0 Å². The zero-order chi connectivity index (χ0) is 23.7. The van der Waals surface area contributed by atoms with Gasteiger partial charge < -0.3 is 9.47 Å². The van der Waals surface area contributed by atoms with Gasteiger partial charge in [0.15, 0.2) is 0 Å². The first-order valence-electron chi connectivity index (χ1n) is 10.7. The fraction of sp³-hybridized carbons (Fsp3) is 0.286. The third-order valence-corrected chi connectivity index (χ3v) is 5.48. The molecule has 0 bridgehead atoms. The second kappa shape index (κ2) is 8.99. The highest BCUT2D eigenvalue weighted by molar-refractivity contribution is 5.89. The molecule has 0 unspecified atom stereocenters. The first-order valence-corrected chi connectivity index (χ1v) is 10.7. The van der Waals surface area contributed by atoms with Gasteiger partial charge in [-0.15, -0.1) is 0 Å². The predicted molar refractivity (Wildman–Crippen MR) is 128 cm³/mol. The highest BCUT2D eigenvalue weighted by atomic mass is 16.5. The van der Waals surface area contributed by atoms with Gasteiger partial charge in [0.2, 0.25) is 0 Å². The molecule has 0 amide bonds. The molecule has 0 heterocycles. The first kappa shape index (κ1) is 23.3. The van der Waals surface area contributed by atoms with E-state index in [9.17, 15) is 9.59 Å². The maximum absolute atomic E-state index is 12.0. The Morgan fingerprint density at radius 1 is 0.531 bits per heavy atom. The van der Waals surface area contributed by atoms with E-state index in [1.165, 1.54) is 13.8 Å². The SMILES string of the molecule is CC(=O)Oc1cc(-c2c(C)cc(C)cc2C)c(OC(C)=O)cc1-c1c(C)cc(C)cc1C. The fourth-order valence-electron chi connectivity index (χ4n) is 4.64. The minimum atomic E-state index is -0.405. The quantitative estimate of drug-likeness (QED) is 0.340. The lowest BCUT2D eigenvalue weighted by Crippen LogP contribution is -2.07. The first-order chi connectivity index (χ1) is 15.0. The van der Waals surface area contributed by atoms with E-state index in [1.807, 2.05) is 53.7 Å². The van der Waals surface area contributed by atoms with E-state index < -0.39 is 11.9 Å². The molecule has 0 aliphatic rings. The Labute approximate surface area is 190 Å². The summed E-state index contributed by atoms with van der Waals surface area (Å²) in [5.74, 6) is 0.0741. The Kier molecular flexibility index (Phi) is 6.54. The highest BCUT2D eigenvalue weighted by Gasteiger charge is 2.22. The molecule has 4 heteroatoms. The second-order valence-electron chi connectivity index (χ2n) is 8.58. The van der Waals surface area contributed by atoms with Gasteiger partial charge in [-0.25, -0.2) is 0 Å². The third-order valence-electron chi connectivity index (χ3n) is 5.48. The van der Waals surface area contributed by atoms with Crippen LogP contribution in [0.2, 0.25) is 0 Å². The maximum atomic E-state index is 12.0. The van der Waals surface area contributed by atoms with Gasteiger partial charge in [-0.1, -0.05) is 35.4 Å². The van der Waals surface area contributed by atoms with E-state index in [-0.39, 0.29) is 0 Å². The van der Waals surface area contributed by atoms with Crippen LogP contribution in [0, 0.1) is 41.5 Å². The van der Waals surface area contributed by atoms with Crippen molar-refractivity contribution < 1.29 is 19.1 Å². The minimum absolute atomic E-state index is 0.405. The van der Waals surface area contributed by atoms with Gasteiger partial charge in [-0.2, -0.15) is 0 Å². The summed E-state index contributed by atoms with van der Waals surface area (Å²) in [7, 11) is 0. The van der Waals surface area contributed by atoms with Crippen LogP contribution in [-0.2, 0) is 9.59 Å². The molecule has 0 saturated carbocycles. The number of carbonyl (C=O) groups excluding carboxylic acids is 2. The number of benzene rings is 3. The maximum Gasteiger partial charge on any atom is 0.308 e. The smallest absolute Gasteiger partial charge is 0.308 e. The van der Waals surface area contributed by atoms with E-state index in [0.29, 0.717) is 11.5 Å². The van der Waals surface area contributed by atoms with Gasteiger partial charge in [0.1, 0.15) is 11.5 Å². The van der Waals surface area contributed by atoms with Crippen LogP contribution in [0.25, 0.3) is 22.3 Å². The Morgan fingerprint density at radius 2 is 0.812 bits per heavy atom. The molecule has 166 valence electrons. The summed E-state index contributed by atoms with van der Waals surface area (Å²) in [6.07, 6.45) is 0. The lowest BCUT2D eigenvalue weighted by Gasteiger charge is -2.20. The van der Waals surface area contributed by atoms with Crippen LogP contribution in [0.5, 0.6) is 11.5 Å². The van der Waals surface area contributed by atoms with Gasteiger partial charge in [0.25, 0.3) is 0 Å². The summed E-state index contributed by atoms with van der Waals surface area (Å²) in [6.45, 7) is 15.0. The largest absolute Gasteiger partial charge is 0.426 e. The zero-order valence-corrected chi connectivity index (χ0v) is 20.1. The van der Waals surface area contributed by atoms with Gasteiger partial charge in [-0.05, 0) is 87.1 Å². The molecule has 0 saturated heterocycles. The summed E-state index contributed by atoms with van der Waals surface area (Å²) in [5, 5.41) is 0. The van der Waals surface area contributed by atoms with Crippen molar-refractivity contribution in [1.29, 1.82) is 0 Å². The number of aryl methyl sites for hydroxylation is 6. The van der Waals surface area contributed by atoms with Crippen molar-refractivity contribution in [2.75, 3.05) is 0 Å². The molecular weight excluding hydrogens is 400 g/mol. The minimum Gasteiger partial charge on any atom is -0.426 e. The third kappa shape index (κ3) is 4.75. The van der Waals surface area contributed by atoms with Crippen LogP contribution in [0.15, 0.2) is 36.4 Å². The average molecular weight is 431 g/mol. The van der Waals surface area contributed by atoms with Crippen LogP contribution < -0.4 is 9.47 Å². The molecule has 4 nitrogen and oxygen atoms in total. The normalized spacial score (nSPS) is 10.8. The monoisotopic (exact) mass is 430 g/mol. The fourth-order valence-corrected chi connectivity index (χ4v) is 4.64. The number of ether oxygens (including phenoxy) is 2. The Hall–Kier alpha value is -3.40. The Morgan fingerprint density at radius 3 is 1.06 bits per heavy atom. The van der Waals surface area contributed by atoms with Crippen LogP contribution in [-0.4, -0.2) is 11.9 Å². The van der Waals surface area contributed by atoms with E-state index in [0.717, 1.165) is 55.6 Å². The van der Waals surface area contributed by atoms with Crippen molar-refractivity contribution in [3.63, 3.8) is 0 Å². The van der Waals surface area contributed by atoms with Crippen molar-refractivity contribution in [3.05, 3.63) is 69.8 Å². The molecule has 0 spiro atoms. The number of hydrogen-bond donors (Lipinski definition) is 0. The second-order valence-corrected chi connectivity index (χ2v) is 8.58. The number of carbonyl (C=O) groups is 2. The molecule has 0 aliphatic heterocycles.